The summed E-state index contributed by atoms with van der Waals surface area (Å²) in [7, 11) is -9.90. The van der Waals surface area contributed by atoms with Gasteiger partial charge in [-0.3, -0.25) is 24.1 Å². The van der Waals surface area contributed by atoms with Crippen molar-refractivity contribution in [3.05, 3.63) is 51.1 Å². The number of halogens is 1. The smallest absolute Gasteiger partial charge is 0.500 e. The molecule has 0 aliphatic carbocycles. The lowest BCUT2D eigenvalue weighted by Crippen LogP contribution is -2.49. The fraction of sp³-hybridized carbons (Fsp3) is 0.250. The minimum absolute atomic E-state index is 0.0638. The highest BCUT2D eigenvalue weighted by molar-refractivity contribution is 7.55. The second kappa shape index (κ2) is 10.5. The van der Waals surface area contributed by atoms with Crippen LogP contribution in [0.2, 0.25) is 0 Å². The summed E-state index contributed by atoms with van der Waals surface area (Å²) in [5, 5.41) is 31.3. The molecule has 1 unspecified atom stereocenters. The van der Waals surface area contributed by atoms with E-state index in [2.05, 4.69) is 30.9 Å². The third-order valence-electron chi connectivity index (χ3n) is 6.64. The molecule has 240 valence electrons. The third kappa shape index (κ3) is 5.12. The highest BCUT2D eigenvalue weighted by Gasteiger charge is 2.53. The van der Waals surface area contributed by atoms with Crippen molar-refractivity contribution in [1.29, 1.82) is 0 Å². The molecule has 45 heavy (non-hydrogen) atoms. The van der Waals surface area contributed by atoms with Crippen LogP contribution in [0.25, 0.3) is 17.0 Å². The van der Waals surface area contributed by atoms with Gasteiger partial charge < -0.3 is 40.6 Å². The van der Waals surface area contributed by atoms with Crippen molar-refractivity contribution >= 4 is 56.8 Å². The Morgan fingerprint density at radius 3 is 2.76 bits per heavy atom. The molecule has 0 radical (unpaired) electrons. The highest BCUT2D eigenvalue weighted by Crippen LogP contribution is 2.61. The van der Waals surface area contributed by atoms with Gasteiger partial charge in [0.1, 0.15) is 17.6 Å². The molecule has 4 aliphatic heterocycles. The summed E-state index contributed by atoms with van der Waals surface area (Å²) in [5.74, 6) is -4.18. The van der Waals surface area contributed by atoms with E-state index in [9.17, 15) is 34.6 Å². The zero-order chi connectivity index (χ0) is 31.8. The lowest BCUT2D eigenvalue weighted by Gasteiger charge is -2.28. The number of anilines is 2. The van der Waals surface area contributed by atoms with E-state index in [0.29, 0.717) is 17.1 Å². The van der Waals surface area contributed by atoms with Gasteiger partial charge in [-0.15, -0.1) is 4.52 Å². The molecule has 3 aromatic rings. The Morgan fingerprint density at radius 1 is 1.16 bits per heavy atom. The molecule has 0 spiro atoms. The maximum atomic E-state index is 12.3. The van der Waals surface area contributed by atoms with Gasteiger partial charge in [0.2, 0.25) is 17.6 Å². The Bertz CT molecular complexity index is 1870. The number of hydrogen-bond donors (Lipinski definition) is 11. The van der Waals surface area contributed by atoms with Crippen LogP contribution in [-0.2, 0) is 24.9 Å². The lowest BCUT2D eigenvalue weighted by molar-refractivity contribution is 0.102. The van der Waals surface area contributed by atoms with Crippen molar-refractivity contribution in [1.82, 2.24) is 35.5 Å². The average Bonchev–Trinajstić information content (AvgIpc) is 3.72. The lowest BCUT2D eigenvalue weighted by atomic mass is 10.3. The van der Waals surface area contributed by atoms with Gasteiger partial charge in [0.05, 0.1) is 19.0 Å². The summed E-state index contributed by atoms with van der Waals surface area (Å²) in [6.45, 7) is -0.569. The normalized spacial score (nSPS) is 25.2. The summed E-state index contributed by atoms with van der Waals surface area (Å²) in [6, 6.07) is 0. The first kappa shape index (κ1) is 29.6. The number of H-pyrrole nitrogens is 1. The van der Waals surface area contributed by atoms with E-state index < -0.39 is 75.4 Å². The van der Waals surface area contributed by atoms with E-state index in [4.69, 9.17) is 44.6 Å². The average molecular weight is 694 g/mol. The number of ether oxygens (including phenoxy) is 1. The van der Waals surface area contributed by atoms with Gasteiger partial charge >= 0.3 is 16.3 Å². The number of aliphatic hydroxyl groups is 1. The molecule has 7 rings (SSSR count). The summed E-state index contributed by atoms with van der Waals surface area (Å²) < 4.78 is 33.0. The number of hydrogen-bond acceptors (Lipinski definition) is 20. The predicted molar refractivity (Wildman–Crippen MR) is 150 cm³/mol. The van der Waals surface area contributed by atoms with Gasteiger partial charge in [0, 0.05) is 0 Å². The summed E-state index contributed by atoms with van der Waals surface area (Å²) in [5.41, 5.74) is 5.07. The standard InChI is InChI=1S/C20H20ClN9O13P2/c21-14-8-15(24-3-23-14)29(4-25-8)18-11(32)12-7(41-18)2-39-45(36,37)43-13-10(31)6(1-38-44(34,35)42-12)40-19(13)30-5-26-9-16(30)27-20(22)28-17(9)33/h1,5,10,15,23-25,31,34-37H,2-4H2,(H2-2,22,27,28,32,33)/p+2/b6-1+/t10-,15?/m1/s1. The fourth-order valence-corrected chi connectivity index (χ4v) is 6.42. The number of nitrogen functional groups attached to an aromatic ring is 1. The van der Waals surface area contributed by atoms with E-state index in [1.807, 2.05) is 0 Å². The van der Waals surface area contributed by atoms with Crippen LogP contribution in [0.3, 0.4) is 0 Å². The molecule has 0 aromatic carbocycles. The second-order valence-electron chi connectivity index (χ2n) is 9.48. The molecule has 22 nitrogen and oxygen atoms in total. The number of aliphatic hydroxyl groups excluding tert-OH is 1. The van der Waals surface area contributed by atoms with E-state index in [0.717, 1.165) is 10.9 Å². The molecular weight excluding hydrogens is 672 g/mol. The van der Waals surface area contributed by atoms with Crippen molar-refractivity contribution in [2.45, 2.75) is 18.9 Å². The number of nitrogens with zero attached hydrogens (tertiary/aromatic N) is 4. The molecule has 0 saturated carbocycles. The first-order chi connectivity index (χ1) is 21.3. The van der Waals surface area contributed by atoms with Crippen LogP contribution < -0.4 is 36.7 Å². The van der Waals surface area contributed by atoms with E-state index in [-0.39, 0.29) is 36.3 Å². The summed E-state index contributed by atoms with van der Waals surface area (Å²) >= 11 is 6.22. The van der Waals surface area contributed by atoms with Crippen LogP contribution in [-0.4, -0.2) is 74.9 Å². The van der Waals surface area contributed by atoms with E-state index >= 15 is 0 Å². The van der Waals surface area contributed by atoms with Gasteiger partial charge in [-0.2, -0.15) is 24.6 Å². The first-order valence-corrected chi connectivity index (χ1v) is 15.9. The first-order valence-electron chi connectivity index (χ1n) is 12.5. The van der Waals surface area contributed by atoms with Crippen molar-refractivity contribution in [3.8, 4) is 11.5 Å². The summed E-state index contributed by atoms with van der Waals surface area (Å²) in [6.07, 6.45) is -0.992. The van der Waals surface area contributed by atoms with Gasteiger partial charge in [0.25, 0.3) is 23.0 Å². The monoisotopic (exact) mass is 693 g/mol. The maximum absolute atomic E-state index is 12.3. The minimum atomic E-state index is -4.95. The summed E-state index contributed by atoms with van der Waals surface area (Å²) in [4.78, 5) is 66.6. The van der Waals surface area contributed by atoms with E-state index in [1.54, 1.807) is 0 Å². The molecule has 2 bridgehead atoms. The molecular formula is C20H22ClN9O13P2+2. The quantitative estimate of drug-likeness (QED) is 0.108. The number of aromatic nitrogens is 4. The number of rotatable bonds is 2. The molecule has 12 N–H and O–H groups in total. The van der Waals surface area contributed by atoms with Crippen molar-refractivity contribution in [2.75, 3.05) is 24.0 Å². The van der Waals surface area contributed by atoms with Crippen LogP contribution in [0.4, 0.5) is 11.8 Å². The van der Waals surface area contributed by atoms with Gasteiger partial charge in [-0.25, -0.2) is 14.1 Å². The molecule has 2 atom stereocenters. The van der Waals surface area contributed by atoms with Crippen LogP contribution in [0.15, 0.2) is 44.2 Å². The molecule has 7 heterocycles. The zero-order valence-electron chi connectivity index (χ0n) is 22.1. The van der Waals surface area contributed by atoms with Crippen molar-refractivity contribution < 1.29 is 57.0 Å². The SMILES string of the molecule is Nc1nc2c(ncn2C2=C3O[P+](O)(O)OCc4oc(N5CNC6=C(Cl)NCNC65)c(O)c4O[P+](O)(O)O/C=C(/O2)[C@H]3O)c(=O)[nH]1. The van der Waals surface area contributed by atoms with Crippen molar-refractivity contribution in [3.63, 3.8) is 0 Å². The Morgan fingerprint density at radius 2 is 1.96 bits per heavy atom. The number of aromatic hydroxyl groups is 1. The number of furan rings is 1. The number of nitrogens with one attached hydrogen (secondary N) is 4. The molecule has 25 heteroatoms. The highest BCUT2D eigenvalue weighted by atomic mass is 35.5. The predicted octanol–water partition coefficient (Wildman–Crippen LogP) is -1.42. The number of imidazole rings is 1. The largest absolute Gasteiger partial charge is 0.663 e. The molecule has 4 aliphatic rings. The van der Waals surface area contributed by atoms with Crippen LogP contribution in [0.5, 0.6) is 11.5 Å². The Hall–Kier alpha value is -4.08. The molecule has 0 amide bonds. The minimum Gasteiger partial charge on any atom is -0.500 e. The van der Waals surface area contributed by atoms with Gasteiger partial charge in [-0.05, 0) is 0 Å². The molecule has 1 saturated heterocycles. The molecule has 3 aromatic heterocycles. The van der Waals surface area contributed by atoms with E-state index in [1.165, 1.54) is 4.90 Å². The number of aromatic amines is 1. The van der Waals surface area contributed by atoms with Crippen LogP contribution >= 0.6 is 27.9 Å². The van der Waals surface area contributed by atoms with Gasteiger partial charge in [-0.1, -0.05) is 11.6 Å². The number of nitrogens with two attached hydrogens (primary N) is 1. The Labute approximate surface area is 254 Å². The van der Waals surface area contributed by atoms with Crippen LogP contribution in [0, 0.1) is 0 Å². The zero-order valence-corrected chi connectivity index (χ0v) is 24.7. The fourth-order valence-electron chi connectivity index (χ4n) is 4.70. The van der Waals surface area contributed by atoms with Gasteiger partial charge in [0.15, 0.2) is 41.7 Å². The third-order valence-corrected chi connectivity index (χ3v) is 8.67. The Kier molecular flexibility index (Phi) is 6.91. The van der Waals surface area contributed by atoms with Crippen LogP contribution in [0.1, 0.15) is 5.76 Å². The second-order valence-corrected chi connectivity index (χ2v) is 12.6. The van der Waals surface area contributed by atoms with Crippen molar-refractivity contribution in [2.24, 2.45) is 0 Å². The maximum Gasteiger partial charge on any atom is 0.663 e. The molecule has 1 fully saturated rings. The topological polar surface area (TPSA) is 310 Å². The Balaban J connectivity index is 1.28. The number of fused-ring (bicyclic) bond motifs is 5.